The van der Waals surface area contributed by atoms with Crippen LogP contribution in [0.4, 0.5) is 0 Å². The molecule has 2 atom stereocenters. The van der Waals surface area contributed by atoms with Gasteiger partial charge >= 0.3 is 0 Å². The van der Waals surface area contributed by atoms with Crippen LogP contribution >= 0.6 is 11.6 Å². The van der Waals surface area contributed by atoms with Crippen molar-refractivity contribution in [2.45, 2.75) is 31.3 Å². The van der Waals surface area contributed by atoms with Crippen molar-refractivity contribution in [1.82, 2.24) is 15.1 Å². The average molecular weight is 456 g/mol. The summed E-state index contributed by atoms with van der Waals surface area (Å²) in [5, 5.41) is 3.83. The van der Waals surface area contributed by atoms with E-state index in [2.05, 4.69) is 10.2 Å². The maximum atomic E-state index is 13.5. The van der Waals surface area contributed by atoms with Gasteiger partial charge in [-0.25, -0.2) is 0 Å². The third kappa shape index (κ3) is 5.31. The highest BCUT2D eigenvalue weighted by Gasteiger charge is 2.33. The van der Waals surface area contributed by atoms with Crippen molar-refractivity contribution >= 4 is 23.4 Å². The number of rotatable bonds is 7. The lowest BCUT2D eigenvalue weighted by atomic mass is 9.99. The summed E-state index contributed by atoms with van der Waals surface area (Å²) >= 11 is 6.53. The molecule has 0 radical (unpaired) electrons. The molecule has 2 aliphatic rings. The lowest BCUT2D eigenvalue weighted by molar-refractivity contribution is -0.142. The lowest BCUT2D eigenvalue weighted by Gasteiger charge is -2.37. The van der Waals surface area contributed by atoms with Crippen LogP contribution < -0.4 is 5.32 Å². The molecular formula is C25H30ClN3O3. The minimum absolute atomic E-state index is 0.0380. The molecule has 2 amide bonds. The Bertz CT molecular complexity index is 918. The molecule has 0 spiro atoms. The van der Waals surface area contributed by atoms with Crippen molar-refractivity contribution in [3.63, 3.8) is 0 Å². The molecule has 0 saturated carbocycles. The highest BCUT2D eigenvalue weighted by Crippen LogP contribution is 2.29. The zero-order chi connectivity index (χ0) is 22.3. The van der Waals surface area contributed by atoms with E-state index in [-0.39, 0.29) is 17.9 Å². The van der Waals surface area contributed by atoms with Gasteiger partial charge in [-0.05, 0) is 30.0 Å². The van der Waals surface area contributed by atoms with E-state index in [1.54, 1.807) is 4.90 Å². The van der Waals surface area contributed by atoms with Crippen molar-refractivity contribution in [1.29, 1.82) is 0 Å². The normalized spacial score (nSPS) is 19.4. The smallest absolute Gasteiger partial charge is 0.247 e. The number of amides is 2. The van der Waals surface area contributed by atoms with Crippen LogP contribution in [0.2, 0.25) is 5.02 Å². The first-order valence-electron chi connectivity index (χ1n) is 11.3. The minimum Gasteiger partial charge on any atom is -0.379 e. The van der Waals surface area contributed by atoms with Gasteiger partial charge in [0.2, 0.25) is 11.8 Å². The molecule has 2 aromatic carbocycles. The van der Waals surface area contributed by atoms with Gasteiger partial charge in [0.05, 0.1) is 19.3 Å². The summed E-state index contributed by atoms with van der Waals surface area (Å²) in [5.41, 5.74) is 1.82. The van der Waals surface area contributed by atoms with Crippen LogP contribution in [0.25, 0.3) is 0 Å². The SMILES string of the molecule is O=C(NCC(c1ccccc1Cl)N1CCOCC1)C(c1ccccc1)N1CCCCC1=O. The standard InChI is InChI=1S/C25H30ClN3O3/c26-21-11-5-4-10-20(21)22(28-14-16-32-17-15-28)18-27-25(31)24(19-8-2-1-3-9-19)29-13-7-6-12-23(29)30/h1-5,8-11,22,24H,6-7,12-18H2,(H,27,31). The summed E-state index contributed by atoms with van der Waals surface area (Å²) in [4.78, 5) is 30.2. The van der Waals surface area contributed by atoms with Crippen molar-refractivity contribution in [3.05, 3.63) is 70.7 Å². The number of hydrogen-bond acceptors (Lipinski definition) is 4. The van der Waals surface area contributed by atoms with Gasteiger partial charge in [0.25, 0.3) is 0 Å². The Morgan fingerprint density at radius 1 is 1.00 bits per heavy atom. The minimum atomic E-state index is -0.624. The van der Waals surface area contributed by atoms with E-state index in [1.807, 2.05) is 54.6 Å². The number of carbonyl (C=O) groups excluding carboxylic acids is 2. The molecule has 0 bridgehead atoms. The maximum absolute atomic E-state index is 13.5. The number of carbonyl (C=O) groups is 2. The predicted molar refractivity (Wildman–Crippen MR) is 124 cm³/mol. The molecule has 2 unspecified atom stereocenters. The Hall–Kier alpha value is -2.41. The predicted octanol–water partition coefficient (Wildman–Crippen LogP) is 3.58. The number of piperidine rings is 1. The van der Waals surface area contributed by atoms with E-state index in [0.717, 1.165) is 37.1 Å². The van der Waals surface area contributed by atoms with Crippen LogP contribution in [-0.2, 0) is 14.3 Å². The van der Waals surface area contributed by atoms with E-state index in [0.29, 0.717) is 37.7 Å². The zero-order valence-corrected chi connectivity index (χ0v) is 19.0. The van der Waals surface area contributed by atoms with Crippen molar-refractivity contribution in [2.24, 2.45) is 0 Å². The lowest BCUT2D eigenvalue weighted by Crippen LogP contribution is -2.48. The molecule has 2 saturated heterocycles. The number of ether oxygens (including phenoxy) is 1. The first kappa shape index (κ1) is 22.8. The van der Waals surface area contributed by atoms with Gasteiger partial charge in [-0.2, -0.15) is 0 Å². The van der Waals surface area contributed by atoms with Gasteiger partial charge in [0, 0.05) is 37.6 Å². The molecule has 0 aliphatic carbocycles. The van der Waals surface area contributed by atoms with E-state index in [4.69, 9.17) is 16.3 Å². The largest absolute Gasteiger partial charge is 0.379 e. The number of halogens is 1. The second-order valence-corrected chi connectivity index (χ2v) is 8.70. The van der Waals surface area contributed by atoms with E-state index in [1.165, 1.54) is 0 Å². The quantitative estimate of drug-likeness (QED) is 0.693. The second-order valence-electron chi connectivity index (χ2n) is 8.29. The number of nitrogens with one attached hydrogen (secondary N) is 1. The van der Waals surface area contributed by atoms with Crippen LogP contribution in [-0.4, -0.2) is 61.0 Å². The van der Waals surface area contributed by atoms with Crippen LogP contribution in [0.15, 0.2) is 54.6 Å². The maximum Gasteiger partial charge on any atom is 0.247 e. The fourth-order valence-electron chi connectivity index (χ4n) is 4.57. The number of morpholine rings is 1. The first-order chi connectivity index (χ1) is 15.6. The molecule has 7 heteroatoms. The van der Waals surface area contributed by atoms with Crippen LogP contribution in [0.3, 0.4) is 0 Å². The molecule has 2 aromatic rings. The van der Waals surface area contributed by atoms with Gasteiger partial charge < -0.3 is 15.0 Å². The topological polar surface area (TPSA) is 61.9 Å². The fourth-order valence-corrected chi connectivity index (χ4v) is 4.83. The Labute approximate surface area is 194 Å². The number of nitrogens with zero attached hydrogens (tertiary/aromatic N) is 2. The molecular weight excluding hydrogens is 426 g/mol. The van der Waals surface area contributed by atoms with Crippen molar-refractivity contribution < 1.29 is 14.3 Å². The van der Waals surface area contributed by atoms with Gasteiger partial charge in [0.15, 0.2) is 0 Å². The Morgan fingerprint density at radius 2 is 1.72 bits per heavy atom. The molecule has 4 rings (SSSR count). The van der Waals surface area contributed by atoms with Gasteiger partial charge in [0.1, 0.15) is 6.04 Å². The Balaban J connectivity index is 1.55. The van der Waals surface area contributed by atoms with Crippen LogP contribution in [0, 0.1) is 0 Å². The highest BCUT2D eigenvalue weighted by atomic mass is 35.5. The number of benzene rings is 2. The molecule has 1 N–H and O–H groups in total. The second kappa shape index (κ2) is 10.9. The third-order valence-corrected chi connectivity index (χ3v) is 6.60. The molecule has 2 aliphatic heterocycles. The van der Waals surface area contributed by atoms with Crippen molar-refractivity contribution in [2.75, 3.05) is 39.4 Å². The van der Waals surface area contributed by atoms with Crippen LogP contribution in [0.1, 0.15) is 42.5 Å². The molecule has 6 nitrogen and oxygen atoms in total. The Kier molecular flexibility index (Phi) is 7.79. The molecule has 2 fully saturated rings. The molecule has 2 heterocycles. The fraction of sp³-hybridized carbons (Fsp3) is 0.440. The summed E-state index contributed by atoms with van der Waals surface area (Å²) < 4.78 is 5.52. The van der Waals surface area contributed by atoms with Crippen molar-refractivity contribution in [3.8, 4) is 0 Å². The van der Waals surface area contributed by atoms with Gasteiger partial charge in [-0.1, -0.05) is 60.1 Å². The van der Waals surface area contributed by atoms with E-state index >= 15 is 0 Å². The highest BCUT2D eigenvalue weighted by molar-refractivity contribution is 6.31. The number of likely N-dealkylation sites (tertiary alicyclic amines) is 1. The summed E-state index contributed by atoms with van der Waals surface area (Å²) in [6.45, 7) is 3.88. The molecule has 0 aromatic heterocycles. The average Bonchev–Trinajstić information content (AvgIpc) is 2.83. The summed E-state index contributed by atoms with van der Waals surface area (Å²) in [6, 6.07) is 16.6. The van der Waals surface area contributed by atoms with Crippen LogP contribution in [0.5, 0.6) is 0 Å². The monoisotopic (exact) mass is 455 g/mol. The van der Waals surface area contributed by atoms with Gasteiger partial charge in [-0.15, -0.1) is 0 Å². The summed E-state index contributed by atoms with van der Waals surface area (Å²) in [7, 11) is 0. The van der Waals surface area contributed by atoms with E-state index < -0.39 is 6.04 Å². The molecule has 32 heavy (non-hydrogen) atoms. The van der Waals surface area contributed by atoms with Gasteiger partial charge in [-0.3, -0.25) is 14.5 Å². The third-order valence-electron chi connectivity index (χ3n) is 6.26. The first-order valence-corrected chi connectivity index (χ1v) is 11.7. The zero-order valence-electron chi connectivity index (χ0n) is 18.2. The summed E-state index contributed by atoms with van der Waals surface area (Å²) in [6.07, 6.45) is 2.29. The number of hydrogen-bond donors (Lipinski definition) is 1. The van der Waals surface area contributed by atoms with E-state index in [9.17, 15) is 9.59 Å². The Morgan fingerprint density at radius 3 is 2.44 bits per heavy atom. The summed E-state index contributed by atoms with van der Waals surface area (Å²) in [5.74, 6) is -0.118. The molecule has 170 valence electrons.